The molecule has 0 bridgehead atoms. The molecule has 1 fully saturated rings. The smallest absolute Gasteiger partial charge is 0.303 e. The number of aliphatic carboxylic acids is 1. The van der Waals surface area contributed by atoms with Crippen LogP contribution in [0.5, 0.6) is 5.88 Å². The molecule has 0 aliphatic heterocycles. The predicted molar refractivity (Wildman–Crippen MR) is 101 cm³/mol. The maximum absolute atomic E-state index is 14.6. The molecule has 1 unspecified atom stereocenters. The average molecular weight is 393 g/mol. The van der Waals surface area contributed by atoms with Crippen LogP contribution >= 0.6 is 12.6 Å². The van der Waals surface area contributed by atoms with Gasteiger partial charge in [0.15, 0.2) is 0 Å². The molecule has 1 aromatic carbocycles. The van der Waals surface area contributed by atoms with Crippen molar-refractivity contribution in [1.29, 1.82) is 0 Å². The first-order valence-electron chi connectivity index (χ1n) is 8.92. The molecule has 2 aromatic rings. The summed E-state index contributed by atoms with van der Waals surface area (Å²) in [5.41, 5.74) is 0.736. The molecule has 0 saturated heterocycles. The number of carbonyl (C=O) groups is 1. The zero-order valence-electron chi connectivity index (χ0n) is 14.7. The van der Waals surface area contributed by atoms with E-state index in [0.717, 1.165) is 12.8 Å². The minimum atomic E-state index is -0.942. The van der Waals surface area contributed by atoms with E-state index in [-0.39, 0.29) is 18.4 Å². The lowest BCUT2D eigenvalue weighted by molar-refractivity contribution is -0.137. The Kier molecular flexibility index (Phi) is 6.31. The van der Waals surface area contributed by atoms with Gasteiger partial charge in [0.1, 0.15) is 11.6 Å². The summed E-state index contributed by atoms with van der Waals surface area (Å²) in [7, 11) is 0. The Bertz CT molecular complexity index is 804. The molecule has 1 aromatic heterocycles. The van der Waals surface area contributed by atoms with Gasteiger partial charge in [-0.1, -0.05) is 0 Å². The van der Waals surface area contributed by atoms with Crippen molar-refractivity contribution in [2.45, 2.75) is 37.4 Å². The molecule has 0 amide bonds. The normalized spacial score (nSPS) is 14.8. The Labute approximate surface area is 162 Å². The van der Waals surface area contributed by atoms with E-state index < -0.39 is 22.9 Å². The molecule has 1 heterocycles. The number of halogens is 2. The average Bonchev–Trinajstić information content (AvgIpc) is 3.43. The van der Waals surface area contributed by atoms with Gasteiger partial charge in [-0.2, -0.15) is 12.6 Å². The summed E-state index contributed by atoms with van der Waals surface area (Å²) in [6.45, 7) is 0.551. The summed E-state index contributed by atoms with van der Waals surface area (Å²) in [4.78, 5) is 14.8. The van der Waals surface area contributed by atoms with Crippen molar-refractivity contribution in [3.63, 3.8) is 0 Å². The number of carboxylic acids is 1. The second kappa shape index (κ2) is 8.69. The Morgan fingerprint density at radius 2 is 2.04 bits per heavy atom. The van der Waals surface area contributed by atoms with Crippen LogP contribution in [0.2, 0.25) is 0 Å². The maximum Gasteiger partial charge on any atom is 0.303 e. The molecular weight excluding hydrogens is 372 g/mol. The van der Waals surface area contributed by atoms with Gasteiger partial charge in [-0.05, 0) is 61.4 Å². The monoisotopic (exact) mass is 393 g/mol. The van der Waals surface area contributed by atoms with Crippen LogP contribution in [0.25, 0.3) is 11.1 Å². The Balaban J connectivity index is 1.81. The molecule has 1 N–H and O–H groups in total. The highest BCUT2D eigenvalue weighted by molar-refractivity contribution is 7.80. The number of rotatable bonds is 9. The van der Waals surface area contributed by atoms with Crippen LogP contribution in [0.4, 0.5) is 8.78 Å². The lowest BCUT2D eigenvalue weighted by atomic mass is 10.00. The fraction of sp³-hybridized carbons (Fsp3) is 0.400. The van der Waals surface area contributed by atoms with E-state index in [4.69, 9.17) is 9.84 Å². The third-order valence-corrected chi connectivity index (χ3v) is 5.03. The number of hydrogen-bond donors (Lipinski definition) is 2. The molecule has 27 heavy (non-hydrogen) atoms. The van der Waals surface area contributed by atoms with E-state index in [1.54, 1.807) is 18.3 Å². The van der Waals surface area contributed by atoms with Gasteiger partial charge in [0, 0.05) is 29.0 Å². The van der Waals surface area contributed by atoms with E-state index in [2.05, 4.69) is 17.6 Å². The van der Waals surface area contributed by atoms with Gasteiger partial charge in [-0.3, -0.25) is 4.79 Å². The van der Waals surface area contributed by atoms with E-state index >= 15 is 0 Å². The molecule has 1 atom stereocenters. The topological polar surface area (TPSA) is 59.4 Å². The molecule has 3 rings (SSSR count). The molecule has 0 radical (unpaired) electrons. The summed E-state index contributed by atoms with van der Waals surface area (Å²) in [6, 6.07) is 5.91. The standard InChI is InChI=1S/C20H21F2NO3S/c21-15-9-13(10-16(22)19(15)17(27)4-1-5-18(24)25)14-3-2-8-23-20(14)26-11-12-6-7-12/h2-3,8-10,12,17,27H,1,4-7,11H2,(H,24,25). The highest BCUT2D eigenvalue weighted by Crippen LogP contribution is 2.36. The van der Waals surface area contributed by atoms with Crippen molar-refractivity contribution < 1.29 is 23.4 Å². The van der Waals surface area contributed by atoms with Crippen molar-refractivity contribution in [2.75, 3.05) is 6.61 Å². The summed E-state index contributed by atoms with van der Waals surface area (Å²) in [6.07, 6.45) is 4.35. The number of nitrogens with zero attached hydrogens (tertiary/aromatic N) is 1. The third-order valence-electron chi connectivity index (χ3n) is 4.52. The van der Waals surface area contributed by atoms with Crippen molar-refractivity contribution in [3.05, 3.63) is 47.7 Å². The lowest BCUT2D eigenvalue weighted by Gasteiger charge is -2.15. The minimum absolute atomic E-state index is 0.0598. The Morgan fingerprint density at radius 3 is 2.67 bits per heavy atom. The zero-order chi connectivity index (χ0) is 19.4. The first-order valence-corrected chi connectivity index (χ1v) is 9.44. The number of aromatic nitrogens is 1. The highest BCUT2D eigenvalue weighted by atomic mass is 32.1. The second-order valence-electron chi connectivity index (χ2n) is 6.77. The highest BCUT2D eigenvalue weighted by Gasteiger charge is 2.24. The van der Waals surface area contributed by atoms with E-state index in [9.17, 15) is 13.6 Å². The number of hydrogen-bond acceptors (Lipinski definition) is 4. The van der Waals surface area contributed by atoms with Gasteiger partial charge in [-0.15, -0.1) is 0 Å². The van der Waals surface area contributed by atoms with Crippen molar-refractivity contribution >= 4 is 18.6 Å². The summed E-state index contributed by atoms with van der Waals surface area (Å²) in [5, 5.41) is 7.98. The number of pyridine rings is 1. The van der Waals surface area contributed by atoms with Crippen LogP contribution in [-0.2, 0) is 4.79 Å². The van der Waals surface area contributed by atoms with Crippen molar-refractivity contribution in [1.82, 2.24) is 4.98 Å². The van der Waals surface area contributed by atoms with Gasteiger partial charge in [0.05, 0.1) is 6.61 Å². The minimum Gasteiger partial charge on any atom is -0.481 e. The third kappa shape index (κ3) is 5.19. The van der Waals surface area contributed by atoms with Gasteiger partial charge in [0.2, 0.25) is 5.88 Å². The van der Waals surface area contributed by atoms with Gasteiger partial charge in [-0.25, -0.2) is 13.8 Å². The Hall–Kier alpha value is -2.15. The van der Waals surface area contributed by atoms with Crippen LogP contribution in [0.1, 0.15) is 42.9 Å². The predicted octanol–water partition coefficient (Wildman–Crippen LogP) is 5.04. The number of thiol groups is 1. The fourth-order valence-electron chi connectivity index (χ4n) is 2.86. The fourth-order valence-corrected chi connectivity index (χ4v) is 3.29. The molecule has 1 aliphatic rings. The van der Waals surface area contributed by atoms with Gasteiger partial charge >= 0.3 is 5.97 Å². The summed E-state index contributed by atoms with van der Waals surface area (Å²) >= 11 is 4.26. The van der Waals surface area contributed by atoms with Crippen molar-refractivity contribution in [2.24, 2.45) is 5.92 Å². The van der Waals surface area contributed by atoms with Crippen LogP contribution < -0.4 is 4.74 Å². The maximum atomic E-state index is 14.6. The molecule has 144 valence electrons. The Morgan fingerprint density at radius 1 is 1.33 bits per heavy atom. The van der Waals surface area contributed by atoms with Crippen LogP contribution in [-0.4, -0.2) is 22.7 Å². The largest absolute Gasteiger partial charge is 0.481 e. The van der Waals surface area contributed by atoms with Crippen LogP contribution in [0.3, 0.4) is 0 Å². The quantitative estimate of drug-likeness (QED) is 0.586. The van der Waals surface area contributed by atoms with E-state index in [1.807, 2.05) is 0 Å². The zero-order valence-corrected chi connectivity index (χ0v) is 15.6. The molecular formula is C20H21F2NO3S. The molecule has 0 spiro atoms. The molecule has 7 heteroatoms. The van der Waals surface area contributed by atoms with E-state index in [0.29, 0.717) is 36.0 Å². The van der Waals surface area contributed by atoms with Gasteiger partial charge < -0.3 is 9.84 Å². The first kappa shape index (κ1) is 19.6. The summed E-state index contributed by atoms with van der Waals surface area (Å²) < 4.78 is 35.0. The van der Waals surface area contributed by atoms with Crippen LogP contribution in [0, 0.1) is 17.6 Å². The second-order valence-corrected chi connectivity index (χ2v) is 7.39. The molecule has 1 saturated carbocycles. The van der Waals surface area contributed by atoms with E-state index in [1.165, 1.54) is 12.1 Å². The van der Waals surface area contributed by atoms with Gasteiger partial charge in [0.25, 0.3) is 0 Å². The SMILES string of the molecule is O=C(O)CCCC(S)c1c(F)cc(-c2cccnc2OCC2CC2)cc1F. The van der Waals surface area contributed by atoms with Crippen LogP contribution in [0.15, 0.2) is 30.5 Å². The molecule has 1 aliphatic carbocycles. The number of benzene rings is 1. The molecule has 4 nitrogen and oxygen atoms in total. The number of ether oxygens (including phenoxy) is 1. The first-order chi connectivity index (χ1) is 13.0. The lowest BCUT2D eigenvalue weighted by Crippen LogP contribution is -2.04. The number of carboxylic acid groups (broad SMARTS) is 1. The van der Waals surface area contributed by atoms with Crippen molar-refractivity contribution in [3.8, 4) is 17.0 Å². The summed E-state index contributed by atoms with van der Waals surface area (Å²) in [5.74, 6) is -1.47.